The molecular weight excluding hydrogens is 152 g/mol. The second-order valence-corrected chi connectivity index (χ2v) is 3.22. The van der Waals surface area contributed by atoms with E-state index in [9.17, 15) is 0 Å². The number of nitrogens with zero attached hydrogens (tertiary/aromatic N) is 1. The summed E-state index contributed by atoms with van der Waals surface area (Å²) in [7, 11) is 0. The summed E-state index contributed by atoms with van der Waals surface area (Å²) in [6.45, 7) is 1.96. The number of ether oxygens (including phenoxy) is 1. The maximum absolute atomic E-state index is 5.71. The van der Waals surface area contributed by atoms with Gasteiger partial charge in [-0.2, -0.15) is 0 Å². The lowest BCUT2D eigenvalue weighted by Crippen LogP contribution is -2.02. The Kier molecular flexibility index (Phi) is 1.64. The number of aryl methyl sites for hydroxylation is 1. The van der Waals surface area contributed by atoms with Crippen molar-refractivity contribution < 1.29 is 4.74 Å². The third-order valence-corrected chi connectivity index (χ3v) is 1.82. The smallest absolute Gasteiger partial charge is 0.237 e. The predicted molar refractivity (Wildman–Crippen MR) is 47.0 cm³/mol. The molecule has 2 N–H and O–H groups in total. The molecule has 2 rings (SSSR count). The van der Waals surface area contributed by atoms with Crippen LogP contribution in [-0.4, -0.2) is 11.1 Å². The van der Waals surface area contributed by atoms with Crippen LogP contribution in [0.1, 0.15) is 18.4 Å². The van der Waals surface area contributed by atoms with E-state index in [2.05, 4.69) is 4.98 Å². The lowest BCUT2D eigenvalue weighted by Gasteiger charge is -2.05. The minimum atomic E-state index is 0.363. The molecule has 12 heavy (non-hydrogen) atoms. The molecular formula is C9H12N2O. The molecule has 1 heterocycles. The van der Waals surface area contributed by atoms with E-state index in [0.29, 0.717) is 17.7 Å². The third kappa shape index (κ3) is 1.49. The molecule has 3 heteroatoms. The highest BCUT2D eigenvalue weighted by molar-refractivity contribution is 5.49. The van der Waals surface area contributed by atoms with Crippen LogP contribution in [0.4, 0.5) is 5.69 Å². The summed E-state index contributed by atoms with van der Waals surface area (Å²) in [5.74, 6) is 0.586. The summed E-state index contributed by atoms with van der Waals surface area (Å²) in [6.07, 6.45) is 4.40. The molecule has 0 unspecified atom stereocenters. The van der Waals surface area contributed by atoms with Crippen molar-refractivity contribution in [3.8, 4) is 5.88 Å². The first-order chi connectivity index (χ1) is 5.75. The van der Waals surface area contributed by atoms with E-state index in [4.69, 9.17) is 10.5 Å². The van der Waals surface area contributed by atoms with E-state index in [1.807, 2.05) is 13.0 Å². The van der Waals surface area contributed by atoms with Crippen LogP contribution in [0.3, 0.4) is 0 Å². The highest BCUT2D eigenvalue weighted by Crippen LogP contribution is 2.28. The summed E-state index contributed by atoms with van der Waals surface area (Å²) >= 11 is 0. The van der Waals surface area contributed by atoms with Crippen LogP contribution in [0.15, 0.2) is 12.3 Å². The summed E-state index contributed by atoms with van der Waals surface area (Å²) in [5, 5.41) is 0. The van der Waals surface area contributed by atoms with Crippen molar-refractivity contribution in [1.82, 2.24) is 4.98 Å². The fourth-order valence-corrected chi connectivity index (χ4v) is 1.02. The van der Waals surface area contributed by atoms with Crippen LogP contribution in [0.2, 0.25) is 0 Å². The van der Waals surface area contributed by atoms with Gasteiger partial charge >= 0.3 is 0 Å². The molecule has 1 saturated carbocycles. The summed E-state index contributed by atoms with van der Waals surface area (Å²) < 4.78 is 5.47. The number of nitrogen functional groups attached to an aromatic ring is 1. The van der Waals surface area contributed by atoms with Crippen molar-refractivity contribution in [2.45, 2.75) is 25.9 Å². The Morgan fingerprint density at radius 1 is 1.58 bits per heavy atom. The van der Waals surface area contributed by atoms with Crippen molar-refractivity contribution in [2.24, 2.45) is 0 Å². The van der Waals surface area contributed by atoms with Crippen LogP contribution < -0.4 is 10.5 Å². The van der Waals surface area contributed by atoms with Gasteiger partial charge in [-0.25, -0.2) is 4.98 Å². The molecule has 3 nitrogen and oxygen atoms in total. The molecule has 0 radical (unpaired) electrons. The molecule has 0 aromatic carbocycles. The standard InChI is InChI=1S/C9H12N2O/c1-6-4-8(10)9(11-5-6)12-7-2-3-7/h4-5,7H,2-3,10H2,1H3. The average Bonchev–Trinajstić information content (AvgIpc) is 2.79. The Bertz CT molecular complexity index is 295. The fourth-order valence-electron chi connectivity index (χ4n) is 1.02. The van der Waals surface area contributed by atoms with Gasteiger partial charge in [0.1, 0.15) is 6.10 Å². The van der Waals surface area contributed by atoms with E-state index >= 15 is 0 Å². The van der Waals surface area contributed by atoms with E-state index < -0.39 is 0 Å². The Balaban J connectivity index is 2.18. The molecule has 0 aliphatic heterocycles. The Morgan fingerprint density at radius 2 is 2.33 bits per heavy atom. The third-order valence-electron chi connectivity index (χ3n) is 1.82. The molecule has 0 bridgehead atoms. The molecule has 0 atom stereocenters. The molecule has 0 amide bonds. The average molecular weight is 164 g/mol. The number of anilines is 1. The topological polar surface area (TPSA) is 48.1 Å². The number of hydrogen-bond donors (Lipinski definition) is 1. The van der Waals surface area contributed by atoms with Crippen LogP contribution in [0, 0.1) is 6.92 Å². The highest BCUT2D eigenvalue weighted by atomic mass is 16.5. The molecule has 1 aliphatic rings. The van der Waals surface area contributed by atoms with Gasteiger partial charge in [0.2, 0.25) is 5.88 Å². The van der Waals surface area contributed by atoms with E-state index in [1.165, 1.54) is 0 Å². The van der Waals surface area contributed by atoms with Gasteiger partial charge in [-0.3, -0.25) is 0 Å². The summed E-state index contributed by atoms with van der Waals surface area (Å²) in [4.78, 5) is 4.11. The fraction of sp³-hybridized carbons (Fsp3) is 0.444. The summed E-state index contributed by atoms with van der Waals surface area (Å²) in [5.41, 5.74) is 7.42. The lowest BCUT2D eigenvalue weighted by atomic mass is 10.3. The zero-order chi connectivity index (χ0) is 8.55. The van der Waals surface area contributed by atoms with Crippen LogP contribution in [0.5, 0.6) is 5.88 Å². The maximum Gasteiger partial charge on any atom is 0.237 e. The van der Waals surface area contributed by atoms with Crippen molar-refractivity contribution >= 4 is 5.69 Å². The zero-order valence-corrected chi connectivity index (χ0v) is 7.08. The Hall–Kier alpha value is -1.25. The zero-order valence-electron chi connectivity index (χ0n) is 7.08. The largest absolute Gasteiger partial charge is 0.473 e. The molecule has 1 fully saturated rings. The first kappa shape index (κ1) is 7.40. The van der Waals surface area contributed by atoms with Gasteiger partial charge in [0.05, 0.1) is 5.69 Å². The minimum Gasteiger partial charge on any atom is -0.473 e. The van der Waals surface area contributed by atoms with E-state index in [0.717, 1.165) is 18.4 Å². The number of rotatable bonds is 2. The molecule has 0 spiro atoms. The highest BCUT2D eigenvalue weighted by Gasteiger charge is 2.24. The molecule has 0 saturated heterocycles. The quantitative estimate of drug-likeness (QED) is 0.720. The molecule has 1 aromatic rings. The van der Waals surface area contributed by atoms with Gasteiger partial charge in [-0.15, -0.1) is 0 Å². The number of pyridine rings is 1. The predicted octanol–water partition coefficient (Wildman–Crippen LogP) is 1.51. The van der Waals surface area contributed by atoms with Crippen molar-refractivity contribution in [2.75, 3.05) is 5.73 Å². The molecule has 1 aliphatic carbocycles. The first-order valence-electron chi connectivity index (χ1n) is 4.14. The SMILES string of the molecule is Cc1cnc(OC2CC2)c(N)c1. The monoisotopic (exact) mass is 164 g/mol. The van der Waals surface area contributed by atoms with Crippen molar-refractivity contribution in [1.29, 1.82) is 0 Å². The van der Waals surface area contributed by atoms with Gasteiger partial charge in [0.25, 0.3) is 0 Å². The summed E-state index contributed by atoms with van der Waals surface area (Å²) in [6, 6.07) is 1.88. The lowest BCUT2D eigenvalue weighted by molar-refractivity contribution is 0.293. The normalized spacial score (nSPS) is 16.1. The number of nitrogens with two attached hydrogens (primary N) is 1. The number of hydrogen-bond acceptors (Lipinski definition) is 3. The Morgan fingerprint density at radius 3 is 2.92 bits per heavy atom. The van der Waals surface area contributed by atoms with Gasteiger partial charge in [-0.1, -0.05) is 0 Å². The number of aromatic nitrogens is 1. The van der Waals surface area contributed by atoms with Gasteiger partial charge in [0.15, 0.2) is 0 Å². The van der Waals surface area contributed by atoms with Crippen LogP contribution >= 0.6 is 0 Å². The van der Waals surface area contributed by atoms with Crippen molar-refractivity contribution in [3.05, 3.63) is 17.8 Å². The van der Waals surface area contributed by atoms with E-state index in [1.54, 1.807) is 6.20 Å². The van der Waals surface area contributed by atoms with Crippen LogP contribution in [-0.2, 0) is 0 Å². The Labute approximate surface area is 71.6 Å². The second kappa shape index (κ2) is 2.66. The van der Waals surface area contributed by atoms with Gasteiger partial charge in [0, 0.05) is 6.20 Å². The minimum absolute atomic E-state index is 0.363. The van der Waals surface area contributed by atoms with E-state index in [-0.39, 0.29) is 0 Å². The van der Waals surface area contributed by atoms with Gasteiger partial charge in [-0.05, 0) is 31.4 Å². The molecule has 64 valence electrons. The first-order valence-corrected chi connectivity index (χ1v) is 4.14. The van der Waals surface area contributed by atoms with Crippen LogP contribution in [0.25, 0.3) is 0 Å². The maximum atomic E-state index is 5.71. The second-order valence-electron chi connectivity index (χ2n) is 3.22. The van der Waals surface area contributed by atoms with Gasteiger partial charge < -0.3 is 10.5 Å². The van der Waals surface area contributed by atoms with Crippen molar-refractivity contribution in [3.63, 3.8) is 0 Å². The molecule has 1 aromatic heterocycles.